The lowest BCUT2D eigenvalue weighted by atomic mass is 10.1. The lowest BCUT2D eigenvalue weighted by Gasteiger charge is -2.09. The van der Waals surface area contributed by atoms with E-state index < -0.39 is 0 Å². The summed E-state index contributed by atoms with van der Waals surface area (Å²) in [7, 11) is 1.85. The Labute approximate surface area is 131 Å². The molecule has 2 heterocycles. The van der Waals surface area contributed by atoms with E-state index in [0.717, 1.165) is 36.4 Å². The van der Waals surface area contributed by atoms with Crippen LogP contribution in [-0.2, 0) is 0 Å². The number of nitrogens with one attached hydrogen (secondary N) is 1. The smallest absolute Gasteiger partial charge is 0.179 e. The van der Waals surface area contributed by atoms with Crippen LogP contribution in [0.1, 0.15) is 57.0 Å². The highest BCUT2D eigenvalue weighted by Gasteiger charge is 2.28. The van der Waals surface area contributed by atoms with Gasteiger partial charge in [0, 0.05) is 13.0 Å². The molecule has 0 amide bonds. The van der Waals surface area contributed by atoms with Crippen molar-refractivity contribution in [3.8, 4) is 0 Å². The predicted octanol–water partition coefficient (Wildman–Crippen LogP) is 2.36. The molecule has 2 atom stereocenters. The van der Waals surface area contributed by atoms with E-state index in [1.54, 1.807) is 12.4 Å². The largest absolute Gasteiger partial charge is 0.394 e. The molecule has 0 saturated heterocycles. The molecule has 1 aliphatic carbocycles. The maximum atomic E-state index is 9.69. The molecule has 6 heteroatoms. The summed E-state index contributed by atoms with van der Waals surface area (Å²) in [5, 5.41) is 21.1. The summed E-state index contributed by atoms with van der Waals surface area (Å²) in [6, 6.07) is 0. The van der Waals surface area contributed by atoms with Crippen LogP contribution in [0.15, 0.2) is 18.6 Å². The van der Waals surface area contributed by atoms with Crippen molar-refractivity contribution in [1.29, 1.82) is 0 Å². The second kappa shape index (κ2) is 7.89. The Morgan fingerprint density at radius 3 is 2.73 bits per heavy atom. The molecule has 2 unspecified atom stereocenters. The summed E-state index contributed by atoms with van der Waals surface area (Å²) in [6.45, 7) is 4.25. The monoisotopic (exact) mass is 303 g/mol. The Morgan fingerprint density at radius 1 is 1.32 bits per heavy atom. The van der Waals surface area contributed by atoms with E-state index in [0.29, 0.717) is 0 Å². The van der Waals surface area contributed by atoms with Crippen LogP contribution in [-0.4, -0.2) is 37.8 Å². The van der Waals surface area contributed by atoms with E-state index in [1.807, 2.05) is 23.7 Å². The molecular formula is C16H25N5O. The fraction of sp³-hybridized carbons (Fsp3) is 0.562. The first kappa shape index (κ1) is 16.4. The molecule has 3 rings (SSSR count). The lowest BCUT2D eigenvalue weighted by molar-refractivity contribution is 0.181. The highest BCUT2D eigenvalue weighted by molar-refractivity contribution is 5.50. The first-order chi connectivity index (χ1) is 10.7. The average molecular weight is 303 g/mol. The van der Waals surface area contributed by atoms with Gasteiger partial charge in [0.1, 0.15) is 5.82 Å². The van der Waals surface area contributed by atoms with Gasteiger partial charge in [-0.1, -0.05) is 20.3 Å². The minimum atomic E-state index is -0.213. The van der Waals surface area contributed by atoms with Crippen LogP contribution in [0.2, 0.25) is 0 Å². The van der Waals surface area contributed by atoms with E-state index in [-0.39, 0.29) is 12.0 Å². The number of aliphatic hydroxyl groups is 1. The summed E-state index contributed by atoms with van der Waals surface area (Å²) in [4.78, 5) is 4.17. The SMILES string of the molecule is CCC.CN/C=C\c1cncc2nnc(C3CCC(O)C3)n12. The zero-order valence-electron chi connectivity index (χ0n) is 13.5. The van der Waals surface area contributed by atoms with Gasteiger partial charge in [-0.3, -0.25) is 9.38 Å². The Bertz CT molecular complexity index is 622. The third kappa shape index (κ3) is 3.62. The Balaban J connectivity index is 0.000000545. The van der Waals surface area contributed by atoms with Crippen molar-refractivity contribution in [2.75, 3.05) is 7.05 Å². The molecular weight excluding hydrogens is 278 g/mol. The maximum Gasteiger partial charge on any atom is 0.179 e. The van der Waals surface area contributed by atoms with Gasteiger partial charge in [0.2, 0.25) is 0 Å². The van der Waals surface area contributed by atoms with Crippen molar-refractivity contribution in [3.63, 3.8) is 0 Å². The van der Waals surface area contributed by atoms with Gasteiger partial charge in [0.05, 0.1) is 24.2 Å². The molecule has 0 bridgehead atoms. The van der Waals surface area contributed by atoms with Gasteiger partial charge >= 0.3 is 0 Å². The molecule has 1 aliphatic rings. The van der Waals surface area contributed by atoms with Crippen LogP contribution >= 0.6 is 0 Å². The van der Waals surface area contributed by atoms with Gasteiger partial charge < -0.3 is 10.4 Å². The Kier molecular flexibility index (Phi) is 5.89. The molecule has 0 spiro atoms. The second-order valence-corrected chi connectivity index (χ2v) is 5.58. The molecule has 0 radical (unpaired) electrons. The Hall–Kier alpha value is -1.95. The summed E-state index contributed by atoms with van der Waals surface area (Å²) in [5.74, 6) is 1.19. The quantitative estimate of drug-likeness (QED) is 0.910. The average Bonchev–Trinajstić information content (AvgIpc) is 3.12. The van der Waals surface area contributed by atoms with Gasteiger partial charge in [-0.2, -0.15) is 0 Å². The molecule has 120 valence electrons. The van der Waals surface area contributed by atoms with Gasteiger partial charge in [-0.15, -0.1) is 10.2 Å². The highest BCUT2D eigenvalue weighted by atomic mass is 16.3. The fourth-order valence-electron chi connectivity index (χ4n) is 2.64. The molecule has 22 heavy (non-hydrogen) atoms. The molecule has 6 nitrogen and oxygen atoms in total. The van der Waals surface area contributed by atoms with Crippen LogP contribution in [0, 0.1) is 0 Å². The van der Waals surface area contributed by atoms with Gasteiger partial charge in [-0.25, -0.2) is 0 Å². The van der Waals surface area contributed by atoms with Crippen LogP contribution in [0.3, 0.4) is 0 Å². The number of aliphatic hydroxyl groups excluding tert-OH is 1. The number of hydrogen-bond donors (Lipinski definition) is 2. The molecule has 2 N–H and O–H groups in total. The number of fused-ring (bicyclic) bond motifs is 1. The Morgan fingerprint density at radius 2 is 2.09 bits per heavy atom. The first-order valence-corrected chi connectivity index (χ1v) is 7.92. The lowest BCUT2D eigenvalue weighted by Crippen LogP contribution is -2.06. The topological polar surface area (TPSA) is 75.3 Å². The predicted molar refractivity (Wildman–Crippen MR) is 87.4 cm³/mol. The zero-order chi connectivity index (χ0) is 15.9. The fourth-order valence-corrected chi connectivity index (χ4v) is 2.64. The number of hydrogen-bond acceptors (Lipinski definition) is 5. The molecule has 2 aromatic heterocycles. The summed E-state index contributed by atoms with van der Waals surface area (Å²) < 4.78 is 2.02. The van der Waals surface area contributed by atoms with Gasteiger partial charge in [0.15, 0.2) is 5.65 Å². The first-order valence-electron chi connectivity index (χ1n) is 7.92. The molecule has 0 aliphatic heterocycles. The second-order valence-electron chi connectivity index (χ2n) is 5.58. The third-order valence-corrected chi connectivity index (χ3v) is 3.56. The minimum absolute atomic E-state index is 0.213. The van der Waals surface area contributed by atoms with Crippen molar-refractivity contribution >= 4 is 11.7 Å². The maximum absolute atomic E-state index is 9.69. The highest BCUT2D eigenvalue weighted by Crippen LogP contribution is 2.33. The van der Waals surface area contributed by atoms with Crippen molar-refractivity contribution in [1.82, 2.24) is 24.9 Å². The minimum Gasteiger partial charge on any atom is -0.394 e. The molecule has 1 saturated carbocycles. The summed E-state index contributed by atoms with van der Waals surface area (Å²) in [6.07, 6.45) is 10.9. The van der Waals surface area contributed by atoms with Gasteiger partial charge in [-0.05, 0) is 31.5 Å². The summed E-state index contributed by atoms with van der Waals surface area (Å²) in [5.41, 5.74) is 1.68. The van der Waals surface area contributed by atoms with E-state index in [4.69, 9.17) is 0 Å². The van der Waals surface area contributed by atoms with Crippen molar-refractivity contribution < 1.29 is 5.11 Å². The van der Waals surface area contributed by atoms with E-state index in [1.165, 1.54) is 6.42 Å². The molecule has 2 aromatic rings. The van der Waals surface area contributed by atoms with E-state index in [2.05, 4.69) is 34.3 Å². The van der Waals surface area contributed by atoms with E-state index in [9.17, 15) is 5.11 Å². The van der Waals surface area contributed by atoms with Crippen LogP contribution in [0.25, 0.3) is 11.7 Å². The standard InChI is InChI=1S/C13H17N5O.C3H8/c1-14-5-4-10-7-15-8-12-16-17-13(18(10)12)9-2-3-11(19)6-9;1-3-2/h4-5,7-9,11,14,19H,2-3,6H2,1H3;3H2,1-2H3/b5-4-;. The van der Waals surface area contributed by atoms with Crippen LogP contribution < -0.4 is 5.32 Å². The zero-order valence-corrected chi connectivity index (χ0v) is 13.5. The van der Waals surface area contributed by atoms with Crippen molar-refractivity contribution in [3.05, 3.63) is 30.1 Å². The molecule has 1 fully saturated rings. The number of nitrogens with zero attached hydrogens (tertiary/aromatic N) is 4. The normalized spacial score (nSPS) is 21.1. The van der Waals surface area contributed by atoms with E-state index >= 15 is 0 Å². The number of aromatic nitrogens is 4. The van der Waals surface area contributed by atoms with Crippen LogP contribution in [0.5, 0.6) is 0 Å². The third-order valence-electron chi connectivity index (χ3n) is 3.56. The van der Waals surface area contributed by atoms with Crippen molar-refractivity contribution in [2.45, 2.75) is 51.6 Å². The molecule has 0 aromatic carbocycles. The summed E-state index contributed by atoms with van der Waals surface area (Å²) >= 11 is 0. The van der Waals surface area contributed by atoms with Crippen LogP contribution in [0.4, 0.5) is 0 Å². The number of rotatable bonds is 3. The van der Waals surface area contributed by atoms with Gasteiger partial charge in [0.25, 0.3) is 0 Å². The van der Waals surface area contributed by atoms with Crippen molar-refractivity contribution in [2.24, 2.45) is 0 Å².